The van der Waals surface area contributed by atoms with Gasteiger partial charge in [0.1, 0.15) is 10.8 Å². The van der Waals surface area contributed by atoms with Gasteiger partial charge in [-0.25, -0.2) is 19.7 Å². The largest absolute Gasteiger partial charge is 0.479 e. The van der Waals surface area contributed by atoms with E-state index in [1.54, 1.807) is 6.20 Å². The Bertz CT molecular complexity index is 1770. The van der Waals surface area contributed by atoms with Gasteiger partial charge < -0.3 is 9.84 Å². The highest BCUT2D eigenvalue weighted by Gasteiger charge is 2.32. The van der Waals surface area contributed by atoms with Crippen LogP contribution in [0.1, 0.15) is 69.0 Å². The van der Waals surface area contributed by atoms with Gasteiger partial charge in [-0.15, -0.1) is 11.3 Å². The summed E-state index contributed by atoms with van der Waals surface area (Å²) in [6.45, 7) is 7.48. The second-order valence-electron chi connectivity index (χ2n) is 11.7. The second-order valence-corrected chi connectivity index (χ2v) is 13.1. The fraction of sp³-hybridized carbons (Fsp3) is 0.303. The highest BCUT2D eigenvalue weighted by molar-refractivity contribution is 7.22. The Morgan fingerprint density at radius 1 is 1.02 bits per heavy atom. The van der Waals surface area contributed by atoms with Crippen LogP contribution in [0.3, 0.4) is 0 Å². The minimum atomic E-state index is -1.17. The maximum absolute atomic E-state index is 12.6. The van der Waals surface area contributed by atoms with Crippen LogP contribution in [0.15, 0.2) is 61.1 Å². The molecule has 1 fully saturated rings. The number of halogens is 1. The van der Waals surface area contributed by atoms with Crippen molar-refractivity contribution in [3.05, 3.63) is 83.0 Å². The predicted octanol–water partition coefficient (Wildman–Crippen LogP) is 8.65. The highest BCUT2D eigenvalue weighted by Crippen LogP contribution is 2.44. The van der Waals surface area contributed by atoms with Gasteiger partial charge in [0.05, 0.1) is 21.5 Å². The SMILES string of the molecule is Cc1cc2nc(-c3ccnc(-c4cnc(C5CCC5)nc4)c3)sc2c(-c2ccc(Cl)cc2)c1[C@H](OC(C)(C)C)C(=O)O. The molecular weight excluding hydrogens is 568 g/mol. The Morgan fingerprint density at radius 2 is 1.74 bits per heavy atom. The van der Waals surface area contributed by atoms with Gasteiger partial charge in [-0.1, -0.05) is 30.2 Å². The first-order valence-corrected chi connectivity index (χ1v) is 15.2. The predicted molar refractivity (Wildman–Crippen MR) is 167 cm³/mol. The van der Waals surface area contributed by atoms with E-state index in [4.69, 9.17) is 21.3 Å². The van der Waals surface area contributed by atoms with Crippen molar-refractivity contribution in [1.29, 1.82) is 0 Å². The molecule has 0 amide bonds. The summed E-state index contributed by atoms with van der Waals surface area (Å²) in [6, 6.07) is 13.3. The fourth-order valence-electron chi connectivity index (χ4n) is 5.23. The van der Waals surface area contributed by atoms with Crippen LogP contribution in [-0.2, 0) is 9.53 Å². The van der Waals surface area contributed by atoms with Crippen LogP contribution in [0, 0.1) is 6.92 Å². The normalized spacial score (nSPS) is 14.6. The van der Waals surface area contributed by atoms with Crippen molar-refractivity contribution in [2.24, 2.45) is 0 Å². The number of nitrogens with zero attached hydrogens (tertiary/aromatic N) is 4. The first-order valence-electron chi connectivity index (χ1n) is 14.0. The van der Waals surface area contributed by atoms with Crippen LogP contribution in [0.4, 0.5) is 0 Å². The smallest absolute Gasteiger partial charge is 0.337 e. The van der Waals surface area contributed by atoms with E-state index in [9.17, 15) is 9.90 Å². The highest BCUT2D eigenvalue weighted by atomic mass is 35.5. The lowest BCUT2D eigenvalue weighted by Gasteiger charge is -2.28. The van der Waals surface area contributed by atoms with Crippen molar-refractivity contribution in [3.8, 4) is 33.0 Å². The minimum Gasteiger partial charge on any atom is -0.479 e. The molecule has 214 valence electrons. The summed E-state index contributed by atoms with van der Waals surface area (Å²) in [7, 11) is 0. The summed E-state index contributed by atoms with van der Waals surface area (Å²) in [4.78, 5) is 31.4. The number of carboxylic acid groups (broad SMARTS) is 1. The summed E-state index contributed by atoms with van der Waals surface area (Å²) < 4.78 is 7.01. The molecule has 2 aromatic carbocycles. The van der Waals surface area contributed by atoms with Gasteiger partial charge in [-0.3, -0.25) is 4.98 Å². The molecule has 42 heavy (non-hydrogen) atoms. The van der Waals surface area contributed by atoms with Crippen LogP contribution >= 0.6 is 22.9 Å². The average molecular weight is 599 g/mol. The van der Waals surface area contributed by atoms with E-state index in [1.165, 1.54) is 17.8 Å². The third-order valence-corrected chi connectivity index (χ3v) is 8.85. The number of carbonyl (C=O) groups is 1. The maximum Gasteiger partial charge on any atom is 0.337 e. The van der Waals surface area contributed by atoms with Crippen LogP contribution in [0.2, 0.25) is 5.02 Å². The Hall–Kier alpha value is -3.72. The first kappa shape index (κ1) is 28.4. The first-order chi connectivity index (χ1) is 20.1. The zero-order chi connectivity index (χ0) is 29.6. The molecule has 3 aromatic heterocycles. The number of carboxylic acids is 1. The summed E-state index contributed by atoms with van der Waals surface area (Å²) in [5.41, 5.74) is 5.68. The zero-order valence-electron chi connectivity index (χ0n) is 23.9. The molecule has 0 aliphatic heterocycles. The molecule has 1 aliphatic carbocycles. The van der Waals surface area contributed by atoms with Crippen molar-refractivity contribution < 1.29 is 14.6 Å². The summed E-state index contributed by atoms with van der Waals surface area (Å²) in [5.74, 6) is 0.332. The topological polar surface area (TPSA) is 98.1 Å². The van der Waals surface area contributed by atoms with Crippen molar-refractivity contribution >= 4 is 39.1 Å². The molecule has 0 unspecified atom stereocenters. The fourth-order valence-corrected chi connectivity index (χ4v) is 6.48. The van der Waals surface area contributed by atoms with Gasteiger partial charge in [-0.05, 0) is 82.0 Å². The van der Waals surface area contributed by atoms with Gasteiger partial charge in [-0.2, -0.15) is 0 Å². The van der Waals surface area contributed by atoms with Crippen LogP contribution < -0.4 is 0 Å². The molecule has 0 saturated heterocycles. The zero-order valence-corrected chi connectivity index (χ0v) is 25.5. The molecule has 1 N–H and O–H groups in total. The Balaban J connectivity index is 1.48. The quantitative estimate of drug-likeness (QED) is 0.200. The van der Waals surface area contributed by atoms with E-state index in [2.05, 4.69) is 15.0 Å². The molecule has 3 heterocycles. The number of benzene rings is 2. The van der Waals surface area contributed by atoms with Crippen LogP contribution in [0.5, 0.6) is 0 Å². The lowest BCUT2D eigenvalue weighted by atomic mass is 9.85. The Labute approximate surface area is 253 Å². The number of pyridine rings is 1. The number of aryl methyl sites for hydroxylation is 1. The van der Waals surface area contributed by atoms with Crippen molar-refractivity contribution in [2.75, 3.05) is 0 Å². The Kier molecular flexibility index (Phi) is 7.55. The molecule has 5 aromatic rings. The third-order valence-electron chi connectivity index (χ3n) is 7.46. The lowest BCUT2D eigenvalue weighted by molar-refractivity contribution is -0.160. The number of thiazole rings is 1. The number of aromatic nitrogens is 4. The van der Waals surface area contributed by atoms with Gasteiger partial charge in [0, 0.05) is 51.8 Å². The van der Waals surface area contributed by atoms with E-state index in [0.29, 0.717) is 16.5 Å². The van der Waals surface area contributed by atoms with E-state index >= 15 is 0 Å². The van der Waals surface area contributed by atoms with Crippen molar-refractivity contribution in [1.82, 2.24) is 19.9 Å². The Morgan fingerprint density at radius 3 is 2.36 bits per heavy atom. The lowest BCUT2D eigenvalue weighted by Crippen LogP contribution is -2.28. The molecule has 7 nitrogen and oxygen atoms in total. The maximum atomic E-state index is 12.6. The van der Waals surface area contributed by atoms with Crippen molar-refractivity contribution in [3.63, 3.8) is 0 Å². The standard InChI is InChI=1S/C33H31ClN4O3S/c1-18-14-25-29(27(19-8-10-23(34)11-9-19)26(18)28(32(39)40)41-33(2,3)4)42-31(38-25)21-12-13-35-24(15-21)22-16-36-30(37-17-22)20-6-5-7-20/h8-17,20,28H,5-7H2,1-4H3,(H,39,40)/t28-/m0/s1. The van der Waals surface area contributed by atoms with E-state index in [1.807, 2.05) is 82.6 Å². The summed E-state index contributed by atoms with van der Waals surface area (Å²) in [5, 5.41) is 11.7. The number of hydrogen-bond acceptors (Lipinski definition) is 7. The van der Waals surface area contributed by atoms with Gasteiger partial charge >= 0.3 is 5.97 Å². The monoisotopic (exact) mass is 598 g/mol. The van der Waals surface area contributed by atoms with Crippen LogP contribution in [0.25, 0.3) is 43.2 Å². The minimum absolute atomic E-state index is 0.471. The molecular formula is C33H31ClN4O3S. The molecule has 6 rings (SSSR count). The molecule has 0 spiro atoms. The van der Waals surface area contributed by atoms with Crippen molar-refractivity contribution in [2.45, 2.75) is 64.6 Å². The van der Waals surface area contributed by atoms with E-state index in [0.717, 1.165) is 67.4 Å². The van der Waals surface area contributed by atoms with Gasteiger partial charge in [0.25, 0.3) is 0 Å². The van der Waals surface area contributed by atoms with Gasteiger partial charge in [0.2, 0.25) is 0 Å². The second kappa shape index (κ2) is 11.2. The molecule has 1 atom stereocenters. The summed E-state index contributed by atoms with van der Waals surface area (Å²) >= 11 is 7.74. The molecule has 9 heteroatoms. The number of hydrogen-bond donors (Lipinski definition) is 1. The number of rotatable bonds is 7. The van der Waals surface area contributed by atoms with E-state index < -0.39 is 17.7 Å². The molecule has 0 bridgehead atoms. The molecule has 0 radical (unpaired) electrons. The van der Waals surface area contributed by atoms with E-state index in [-0.39, 0.29) is 0 Å². The number of aliphatic carboxylic acids is 1. The van der Waals surface area contributed by atoms with Crippen LogP contribution in [-0.4, -0.2) is 36.6 Å². The summed E-state index contributed by atoms with van der Waals surface area (Å²) in [6.07, 6.45) is 7.84. The third kappa shape index (κ3) is 5.67. The molecule has 1 aliphatic rings. The number of fused-ring (bicyclic) bond motifs is 1. The molecule has 1 saturated carbocycles. The average Bonchev–Trinajstić information content (AvgIpc) is 3.34. The van der Waals surface area contributed by atoms with Gasteiger partial charge in [0.15, 0.2) is 6.10 Å². The number of ether oxygens (including phenoxy) is 1.